The monoisotopic (exact) mass is 478 g/mol. The fourth-order valence-corrected chi connectivity index (χ4v) is 3.72. The zero-order valence-corrected chi connectivity index (χ0v) is 20.0. The molecule has 33 heavy (non-hydrogen) atoms. The third kappa shape index (κ3) is 8.39. The van der Waals surface area contributed by atoms with Crippen LogP contribution in [0.15, 0.2) is 47.4 Å². The Balaban J connectivity index is 1.94. The van der Waals surface area contributed by atoms with Crippen LogP contribution in [0.4, 0.5) is 4.79 Å². The molecule has 0 saturated heterocycles. The minimum atomic E-state index is -4.03. The van der Waals surface area contributed by atoms with Crippen LogP contribution in [0.1, 0.15) is 35.3 Å². The van der Waals surface area contributed by atoms with Gasteiger partial charge in [0.2, 0.25) is 0 Å². The van der Waals surface area contributed by atoms with Gasteiger partial charge in [-0.15, -0.1) is 0 Å². The summed E-state index contributed by atoms with van der Waals surface area (Å²) in [6, 6.07) is 11.4. The van der Waals surface area contributed by atoms with Crippen molar-refractivity contribution in [1.29, 1.82) is 0 Å². The molecule has 0 spiro atoms. The van der Waals surface area contributed by atoms with Crippen molar-refractivity contribution in [2.45, 2.75) is 38.2 Å². The van der Waals surface area contributed by atoms with Crippen LogP contribution in [0.2, 0.25) is 0 Å². The number of hydrogen-bond acceptors (Lipinski definition) is 7. The third-order valence-corrected chi connectivity index (χ3v) is 5.75. The molecular weight excluding hydrogens is 448 g/mol. The molecule has 0 unspecified atom stereocenters. The second-order valence-corrected chi connectivity index (χ2v) is 9.23. The molecule has 180 valence electrons. The Hall–Kier alpha value is -3.11. The van der Waals surface area contributed by atoms with E-state index >= 15 is 0 Å². The summed E-state index contributed by atoms with van der Waals surface area (Å²) in [6.07, 6.45) is -0.982. The topological polar surface area (TPSA) is 120 Å². The maximum absolute atomic E-state index is 12.7. The smallest absolute Gasteiger partial charge is 0.421 e. The highest BCUT2D eigenvalue weighted by Gasteiger charge is 2.19. The average molecular weight is 479 g/mol. The molecule has 0 aromatic heterocycles. The summed E-state index contributed by atoms with van der Waals surface area (Å²) >= 11 is 0. The van der Waals surface area contributed by atoms with E-state index in [1.165, 1.54) is 12.1 Å². The highest BCUT2D eigenvalue weighted by atomic mass is 32.2. The predicted octanol–water partition coefficient (Wildman–Crippen LogP) is 2.82. The molecule has 0 bridgehead atoms. The Labute approximate surface area is 194 Å². The van der Waals surface area contributed by atoms with Crippen molar-refractivity contribution >= 4 is 22.0 Å². The first-order valence-electron chi connectivity index (χ1n) is 10.5. The van der Waals surface area contributed by atoms with Gasteiger partial charge in [-0.1, -0.05) is 23.8 Å². The minimum absolute atomic E-state index is 0.0615. The molecule has 0 aliphatic carbocycles. The maximum Gasteiger partial charge on any atom is 0.421 e. The summed E-state index contributed by atoms with van der Waals surface area (Å²) in [5.74, 6) is 0.214. The molecular formula is C23H30N2O7S. The summed E-state index contributed by atoms with van der Waals surface area (Å²) in [5.41, 5.74) is 2.19. The number of sulfonamides is 1. The van der Waals surface area contributed by atoms with E-state index in [0.717, 1.165) is 11.1 Å². The van der Waals surface area contributed by atoms with Gasteiger partial charge in [-0.2, -0.15) is 0 Å². The highest BCUT2D eigenvalue weighted by Crippen LogP contribution is 2.20. The van der Waals surface area contributed by atoms with Crippen LogP contribution in [0.3, 0.4) is 0 Å². The van der Waals surface area contributed by atoms with E-state index in [1.54, 1.807) is 45.2 Å². The van der Waals surface area contributed by atoms with Crippen molar-refractivity contribution in [3.63, 3.8) is 0 Å². The number of rotatable bonds is 11. The summed E-state index contributed by atoms with van der Waals surface area (Å²) in [7, 11) is -2.45. The van der Waals surface area contributed by atoms with Gasteiger partial charge in [0.25, 0.3) is 15.9 Å². The zero-order chi connectivity index (χ0) is 24.4. The van der Waals surface area contributed by atoms with Crippen molar-refractivity contribution in [2.24, 2.45) is 0 Å². The largest absolute Gasteiger partial charge is 0.490 e. The molecule has 2 N–H and O–H groups in total. The van der Waals surface area contributed by atoms with Gasteiger partial charge in [0, 0.05) is 13.7 Å². The molecule has 2 aromatic carbocycles. The van der Waals surface area contributed by atoms with Gasteiger partial charge in [0.15, 0.2) is 0 Å². The Morgan fingerprint density at radius 2 is 1.73 bits per heavy atom. The lowest BCUT2D eigenvalue weighted by Crippen LogP contribution is -2.32. The van der Waals surface area contributed by atoms with Crippen LogP contribution in [-0.4, -0.2) is 53.4 Å². The number of hydrogen-bond donors (Lipinski definition) is 2. The second kappa shape index (κ2) is 12.2. The number of aryl methyl sites for hydroxylation is 1. The van der Waals surface area contributed by atoms with Crippen molar-refractivity contribution < 1.29 is 32.2 Å². The minimum Gasteiger partial charge on any atom is -0.490 e. The first-order chi connectivity index (χ1) is 15.6. The molecule has 0 aliphatic rings. The molecule has 2 aromatic rings. The van der Waals surface area contributed by atoms with E-state index in [9.17, 15) is 18.0 Å². The van der Waals surface area contributed by atoms with E-state index in [1.807, 2.05) is 17.7 Å². The fraction of sp³-hybridized carbons (Fsp3) is 0.391. The molecule has 0 aliphatic heterocycles. The number of ether oxygens (including phenoxy) is 3. The molecule has 10 heteroatoms. The van der Waals surface area contributed by atoms with Gasteiger partial charge in [-0.05, 0) is 57.0 Å². The summed E-state index contributed by atoms with van der Waals surface area (Å²) in [5, 5.41) is 2.85. The molecule has 2 rings (SSSR count). The Morgan fingerprint density at radius 3 is 2.36 bits per heavy atom. The maximum atomic E-state index is 12.7. The molecule has 0 atom stereocenters. The van der Waals surface area contributed by atoms with E-state index in [4.69, 9.17) is 14.2 Å². The zero-order valence-electron chi connectivity index (χ0n) is 19.2. The van der Waals surface area contributed by atoms with Crippen molar-refractivity contribution in [1.82, 2.24) is 10.0 Å². The first kappa shape index (κ1) is 26.1. The molecule has 0 fully saturated rings. The van der Waals surface area contributed by atoms with Gasteiger partial charge in [0.1, 0.15) is 12.4 Å². The lowest BCUT2D eigenvalue weighted by Gasteiger charge is -2.13. The van der Waals surface area contributed by atoms with Crippen LogP contribution >= 0.6 is 0 Å². The summed E-state index contributed by atoms with van der Waals surface area (Å²) in [4.78, 5) is 24.2. The van der Waals surface area contributed by atoms with Crippen LogP contribution in [0, 0.1) is 6.92 Å². The van der Waals surface area contributed by atoms with E-state index in [0.29, 0.717) is 37.5 Å². The summed E-state index contributed by atoms with van der Waals surface area (Å²) < 4.78 is 41.8. The van der Waals surface area contributed by atoms with Gasteiger partial charge in [0.05, 0.1) is 23.2 Å². The molecule has 0 heterocycles. The van der Waals surface area contributed by atoms with E-state index < -0.39 is 22.2 Å². The number of carbonyl (C=O) groups excluding carboxylic acids is 2. The molecule has 0 radical (unpaired) electrons. The van der Waals surface area contributed by atoms with E-state index in [2.05, 4.69) is 5.32 Å². The third-order valence-electron chi connectivity index (χ3n) is 4.42. The van der Waals surface area contributed by atoms with Crippen LogP contribution < -0.4 is 14.8 Å². The predicted molar refractivity (Wildman–Crippen MR) is 123 cm³/mol. The van der Waals surface area contributed by atoms with Crippen molar-refractivity contribution in [3.8, 4) is 5.75 Å². The Bertz CT molecular complexity index is 1050. The van der Waals surface area contributed by atoms with Crippen LogP contribution in [0.25, 0.3) is 0 Å². The van der Waals surface area contributed by atoms with Gasteiger partial charge >= 0.3 is 6.09 Å². The number of nitrogens with one attached hydrogen (secondary N) is 2. The highest BCUT2D eigenvalue weighted by molar-refractivity contribution is 7.90. The van der Waals surface area contributed by atoms with Crippen molar-refractivity contribution in [2.75, 3.05) is 26.9 Å². The number of methoxy groups -OCH3 is 1. The lowest BCUT2D eigenvalue weighted by atomic mass is 10.1. The second-order valence-electron chi connectivity index (χ2n) is 7.55. The van der Waals surface area contributed by atoms with E-state index in [-0.39, 0.29) is 10.8 Å². The number of benzene rings is 2. The number of amides is 2. The normalized spacial score (nSPS) is 11.2. The standard InChI is InChI=1S/C23H30N2O7S/c1-16(2)32-23(27)25-33(28,29)19-8-6-18(7-9-19)11-12-24-22(26)20-15-17(3)5-10-21(20)31-14-13-30-4/h5-10,15-16H,11-14H2,1-4H3,(H,24,26)(H,25,27). The van der Waals surface area contributed by atoms with Crippen LogP contribution in [-0.2, 0) is 25.9 Å². The molecule has 9 nitrogen and oxygen atoms in total. The SMILES string of the molecule is COCCOc1ccc(C)cc1C(=O)NCCc1ccc(S(=O)(=O)NC(=O)OC(C)C)cc1. The quantitative estimate of drug-likeness (QED) is 0.477. The van der Waals surface area contributed by atoms with Crippen LogP contribution in [0.5, 0.6) is 5.75 Å². The average Bonchev–Trinajstić information content (AvgIpc) is 2.74. The Kier molecular flexibility index (Phi) is 9.68. The van der Waals surface area contributed by atoms with Gasteiger partial charge in [-0.25, -0.2) is 17.9 Å². The molecule has 0 saturated carbocycles. The van der Waals surface area contributed by atoms with Crippen molar-refractivity contribution in [3.05, 3.63) is 59.2 Å². The molecule has 2 amide bonds. The number of carbonyl (C=O) groups is 2. The summed E-state index contributed by atoms with van der Waals surface area (Å²) in [6.45, 7) is 6.22. The Morgan fingerprint density at radius 1 is 1.03 bits per heavy atom. The first-order valence-corrected chi connectivity index (χ1v) is 11.9. The van der Waals surface area contributed by atoms with Gasteiger partial charge < -0.3 is 19.5 Å². The lowest BCUT2D eigenvalue weighted by molar-refractivity contribution is 0.0946. The van der Waals surface area contributed by atoms with Gasteiger partial charge in [-0.3, -0.25) is 4.79 Å². The fourth-order valence-electron chi connectivity index (χ4n) is 2.84.